The number of likely N-dealkylation sites (N-methyl/N-ethyl adjacent to an activating group) is 1. The summed E-state index contributed by atoms with van der Waals surface area (Å²) in [6.07, 6.45) is 9.47. The van der Waals surface area contributed by atoms with E-state index in [0.29, 0.717) is 0 Å². The predicted octanol–water partition coefficient (Wildman–Crippen LogP) is 1.90. The molecule has 0 spiro atoms. The van der Waals surface area contributed by atoms with Gasteiger partial charge in [-0.15, -0.1) is 0 Å². The van der Waals surface area contributed by atoms with Crippen LogP contribution in [-0.2, 0) is 13.1 Å². The smallest absolute Gasteiger partial charge is 0.122 e. The summed E-state index contributed by atoms with van der Waals surface area (Å²) < 4.78 is 2.28. The van der Waals surface area contributed by atoms with Crippen molar-refractivity contribution in [2.75, 3.05) is 46.3 Å². The molecule has 0 bridgehead atoms. The average molecular weight is 319 g/mol. The zero-order chi connectivity index (χ0) is 16.1. The second-order valence-electron chi connectivity index (χ2n) is 7.18. The van der Waals surface area contributed by atoms with Crippen molar-refractivity contribution in [1.29, 1.82) is 0 Å². The number of aromatic nitrogens is 2. The van der Waals surface area contributed by atoms with Crippen molar-refractivity contribution in [3.63, 3.8) is 0 Å². The lowest BCUT2D eigenvalue weighted by atomic mass is 9.99. The van der Waals surface area contributed by atoms with E-state index in [1.165, 1.54) is 70.8 Å². The lowest BCUT2D eigenvalue weighted by Gasteiger charge is -2.38. The number of imidazole rings is 1. The Kier molecular flexibility index (Phi) is 6.08. The maximum Gasteiger partial charge on any atom is 0.122 e. The standard InChI is InChI=1S/C18H33N5/c1-3-22-11-8-19-18(22)16-23-9-5-4-6-17(23)7-10-21-14-12-20(2)13-15-21/h8,11,17H,3-7,9-10,12-16H2,1-2H3/t17-/m0/s1. The van der Waals surface area contributed by atoms with Crippen LogP contribution in [-0.4, -0.2) is 76.6 Å². The van der Waals surface area contributed by atoms with Gasteiger partial charge in [-0.1, -0.05) is 6.42 Å². The Morgan fingerprint density at radius 3 is 2.74 bits per heavy atom. The van der Waals surface area contributed by atoms with Crippen LogP contribution in [0.4, 0.5) is 0 Å². The predicted molar refractivity (Wildman–Crippen MR) is 94.5 cm³/mol. The van der Waals surface area contributed by atoms with Crippen LogP contribution >= 0.6 is 0 Å². The van der Waals surface area contributed by atoms with E-state index in [1.54, 1.807) is 0 Å². The Morgan fingerprint density at radius 1 is 1.13 bits per heavy atom. The highest BCUT2D eigenvalue weighted by Gasteiger charge is 2.24. The molecule has 1 aromatic rings. The molecule has 0 radical (unpaired) electrons. The van der Waals surface area contributed by atoms with Gasteiger partial charge in [0, 0.05) is 51.2 Å². The van der Waals surface area contributed by atoms with Crippen molar-refractivity contribution in [2.24, 2.45) is 0 Å². The summed E-state index contributed by atoms with van der Waals surface area (Å²) in [4.78, 5) is 12.4. The van der Waals surface area contributed by atoms with E-state index in [0.717, 1.165) is 19.1 Å². The third kappa shape index (κ3) is 4.55. The molecule has 5 heteroatoms. The van der Waals surface area contributed by atoms with Crippen LogP contribution < -0.4 is 0 Å². The Labute approximate surface area is 141 Å². The minimum absolute atomic E-state index is 0.741. The zero-order valence-electron chi connectivity index (χ0n) is 15.0. The fourth-order valence-electron chi connectivity index (χ4n) is 3.96. The van der Waals surface area contributed by atoms with Gasteiger partial charge in [0.15, 0.2) is 0 Å². The van der Waals surface area contributed by atoms with E-state index < -0.39 is 0 Å². The van der Waals surface area contributed by atoms with Crippen LogP contribution in [0.15, 0.2) is 12.4 Å². The van der Waals surface area contributed by atoms with Gasteiger partial charge < -0.3 is 14.4 Å². The van der Waals surface area contributed by atoms with Gasteiger partial charge in [-0.2, -0.15) is 0 Å². The maximum atomic E-state index is 4.58. The summed E-state index contributed by atoms with van der Waals surface area (Å²) in [7, 11) is 2.23. The molecule has 0 aromatic carbocycles. The summed E-state index contributed by atoms with van der Waals surface area (Å²) in [5.74, 6) is 1.24. The number of hydrogen-bond donors (Lipinski definition) is 0. The summed E-state index contributed by atoms with van der Waals surface area (Å²) in [5, 5.41) is 0. The summed E-state index contributed by atoms with van der Waals surface area (Å²) in [5.41, 5.74) is 0. The first-order valence-corrected chi connectivity index (χ1v) is 9.41. The quantitative estimate of drug-likeness (QED) is 0.800. The molecule has 0 amide bonds. The van der Waals surface area contributed by atoms with Gasteiger partial charge in [-0.25, -0.2) is 4.98 Å². The summed E-state index contributed by atoms with van der Waals surface area (Å²) >= 11 is 0. The molecular formula is C18H33N5. The molecule has 3 rings (SSSR count). The van der Waals surface area contributed by atoms with Gasteiger partial charge in [-0.3, -0.25) is 4.90 Å². The van der Waals surface area contributed by atoms with Crippen LogP contribution in [0.25, 0.3) is 0 Å². The van der Waals surface area contributed by atoms with Crippen molar-refractivity contribution in [2.45, 2.75) is 51.7 Å². The molecule has 2 aliphatic heterocycles. The van der Waals surface area contributed by atoms with Gasteiger partial charge in [0.1, 0.15) is 5.82 Å². The molecule has 3 heterocycles. The molecule has 0 N–H and O–H groups in total. The molecule has 0 aliphatic carbocycles. The molecule has 1 atom stereocenters. The summed E-state index contributed by atoms with van der Waals surface area (Å²) in [6, 6.07) is 0.741. The number of piperazine rings is 1. The van der Waals surface area contributed by atoms with Crippen LogP contribution in [0, 0.1) is 0 Å². The normalized spacial score (nSPS) is 25.0. The van der Waals surface area contributed by atoms with Crippen molar-refractivity contribution in [3.05, 3.63) is 18.2 Å². The highest BCUT2D eigenvalue weighted by molar-refractivity contribution is 4.94. The molecule has 0 saturated carbocycles. The molecule has 23 heavy (non-hydrogen) atoms. The number of likely N-dealkylation sites (tertiary alicyclic amines) is 1. The number of piperidine rings is 1. The molecular weight excluding hydrogens is 286 g/mol. The Balaban J connectivity index is 1.52. The maximum absolute atomic E-state index is 4.58. The largest absolute Gasteiger partial charge is 0.334 e. The van der Waals surface area contributed by atoms with Gasteiger partial charge in [-0.05, 0) is 46.3 Å². The SMILES string of the molecule is CCn1ccnc1CN1CCCC[C@H]1CCN1CCN(C)CC1. The zero-order valence-corrected chi connectivity index (χ0v) is 15.0. The Morgan fingerprint density at radius 2 is 1.96 bits per heavy atom. The van der Waals surface area contributed by atoms with E-state index in [1.807, 2.05) is 6.20 Å². The third-order valence-corrected chi connectivity index (χ3v) is 5.61. The lowest BCUT2D eigenvalue weighted by Crippen LogP contribution is -2.47. The number of aryl methyl sites for hydroxylation is 1. The molecule has 130 valence electrons. The third-order valence-electron chi connectivity index (χ3n) is 5.61. The van der Waals surface area contributed by atoms with E-state index in [9.17, 15) is 0 Å². The van der Waals surface area contributed by atoms with Gasteiger partial charge in [0.25, 0.3) is 0 Å². The number of rotatable bonds is 6. The topological polar surface area (TPSA) is 27.5 Å². The first kappa shape index (κ1) is 16.9. The van der Waals surface area contributed by atoms with Crippen LogP contribution in [0.2, 0.25) is 0 Å². The fourth-order valence-corrected chi connectivity index (χ4v) is 3.96. The average Bonchev–Trinajstić information content (AvgIpc) is 3.03. The first-order valence-electron chi connectivity index (χ1n) is 9.41. The first-order chi connectivity index (χ1) is 11.3. The van der Waals surface area contributed by atoms with Crippen LogP contribution in [0.3, 0.4) is 0 Å². The van der Waals surface area contributed by atoms with E-state index in [2.05, 4.69) is 44.4 Å². The lowest BCUT2D eigenvalue weighted by molar-refractivity contribution is 0.0990. The fraction of sp³-hybridized carbons (Fsp3) is 0.833. The van der Waals surface area contributed by atoms with Gasteiger partial charge in [0.2, 0.25) is 0 Å². The number of nitrogens with zero attached hydrogens (tertiary/aromatic N) is 5. The monoisotopic (exact) mass is 319 g/mol. The Hall–Kier alpha value is -0.910. The van der Waals surface area contributed by atoms with Gasteiger partial charge >= 0.3 is 0 Å². The van der Waals surface area contributed by atoms with Crippen molar-refractivity contribution < 1.29 is 0 Å². The van der Waals surface area contributed by atoms with Crippen molar-refractivity contribution >= 4 is 0 Å². The number of hydrogen-bond acceptors (Lipinski definition) is 4. The van der Waals surface area contributed by atoms with Gasteiger partial charge in [0.05, 0.1) is 6.54 Å². The minimum atomic E-state index is 0.741. The second-order valence-corrected chi connectivity index (χ2v) is 7.18. The van der Waals surface area contributed by atoms with Crippen molar-refractivity contribution in [1.82, 2.24) is 24.3 Å². The molecule has 2 saturated heterocycles. The van der Waals surface area contributed by atoms with Crippen LogP contribution in [0.1, 0.15) is 38.4 Å². The van der Waals surface area contributed by atoms with Crippen molar-refractivity contribution in [3.8, 4) is 0 Å². The molecule has 0 unspecified atom stereocenters. The second kappa shape index (κ2) is 8.27. The summed E-state index contributed by atoms with van der Waals surface area (Å²) in [6.45, 7) is 11.7. The highest BCUT2D eigenvalue weighted by atomic mass is 15.3. The Bertz CT molecular complexity index is 464. The van der Waals surface area contributed by atoms with E-state index in [4.69, 9.17) is 0 Å². The molecule has 5 nitrogen and oxygen atoms in total. The molecule has 2 aliphatic rings. The highest BCUT2D eigenvalue weighted by Crippen LogP contribution is 2.22. The van der Waals surface area contributed by atoms with E-state index >= 15 is 0 Å². The minimum Gasteiger partial charge on any atom is -0.334 e. The molecule has 2 fully saturated rings. The van der Waals surface area contributed by atoms with E-state index in [-0.39, 0.29) is 0 Å². The molecule has 1 aromatic heterocycles. The van der Waals surface area contributed by atoms with Crippen LogP contribution in [0.5, 0.6) is 0 Å².